The fraction of sp³-hybridized carbons (Fsp3) is 0.611. The Labute approximate surface area is 155 Å². The molecule has 138 valence electrons. The van der Waals surface area contributed by atoms with Crippen molar-refractivity contribution in [3.63, 3.8) is 0 Å². The second kappa shape index (κ2) is 6.57. The monoisotopic (exact) mass is 374 g/mol. The average Bonchev–Trinajstić information content (AvgIpc) is 3.19. The van der Waals surface area contributed by atoms with Crippen molar-refractivity contribution in [3.8, 4) is 0 Å². The molecule has 4 aliphatic rings. The summed E-state index contributed by atoms with van der Waals surface area (Å²) in [6.07, 6.45) is 6.23. The summed E-state index contributed by atoms with van der Waals surface area (Å²) in [4.78, 5) is 38.9. The predicted molar refractivity (Wildman–Crippen MR) is 96.3 cm³/mol. The molecule has 5 rings (SSSR count). The molecule has 1 saturated heterocycles. The van der Waals surface area contributed by atoms with Crippen molar-refractivity contribution in [2.24, 2.45) is 23.7 Å². The normalized spacial score (nSPS) is 29.6. The minimum Gasteiger partial charge on any atom is -0.300 e. The van der Waals surface area contributed by atoms with Gasteiger partial charge in [-0.3, -0.25) is 19.3 Å². The molecule has 2 fully saturated rings. The number of imide groups is 1. The maximum Gasteiger partial charge on any atom is 0.233 e. The summed E-state index contributed by atoms with van der Waals surface area (Å²) < 4.78 is 0. The van der Waals surface area contributed by atoms with E-state index in [0.29, 0.717) is 5.13 Å². The molecular weight excluding hydrogens is 352 g/mol. The fourth-order valence-corrected chi connectivity index (χ4v) is 5.03. The van der Waals surface area contributed by atoms with Crippen molar-refractivity contribution in [2.75, 3.05) is 11.9 Å². The van der Waals surface area contributed by atoms with Gasteiger partial charge >= 0.3 is 0 Å². The van der Waals surface area contributed by atoms with Gasteiger partial charge in [0.15, 0.2) is 0 Å². The number of carbonyl (C=O) groups is 3. The van der Waals surface area contributed by atoms with E-state index in [1.807, 2.05) is 13.8 Å². The van der Waals surface area contributed by atoms with Gasteiger partial charge in [-0.25, -0.2) is 0 Å². The molecule has 0 spiro atoms. The van der Waals surface area contributed by atoms with Crippen molar-refractivity contribution in [1.82, 2.24) is 15.1 Å². The summed E-state index contributed by atoms with van der Waals surface area (Å²) in [7, 11) is 0. The molecule has 1 aliphatic heterocycles. The highest BCUT2D eigenvalue weighted by Gasteiger charge is 2.56. The van der Waals surface area contributed by atoms with E-state index < -0.39 is 0 Å². The van der Waals surface area contributed by atoms with Crippen LogP contribution >= 0.6 is 11.3 Å². The number of allylic oxidation sites excluding steroid dienone is 2. The van der Waals surface area contributed by atoms with E-state index in [2.05, 4.69) is 27.7 Å². The predicted octanol–water partition coefficient (Wildman–Crippen LogP) is 2.19. The number of rotatable bonds is 5. The molecule has 2 bridgehead atoms. The van der Waals surface area contributed by atoms with E-state index in [1.165, 1.54) is 16.2 Å². The van der Waals surface area contributed by atoms with E-state index in [0.717, 1.165) is 17.8 Å². The maximum atomic E-state index is 12.7. The summed E-state index contributed by atoms with van der Waals surface area (Å²) >= 11 is 1.34. The van der Waals surface area contributed by atoms with Crippen LogP contribution in [0.15, 0.2) is 12.2 Å². The van der Waals surface area contributed by atoms with Crippen molar-refractivity contribution in [1.29, 1.82) is 0 Å². The van der Waals surface area contributed by atoms with Crippen molar-refractivity contribution < 1.29 is 14.4 Å². The van der Waals surface area contributed by atoms with Gasteiger partial charge in [0.2, 0.25) is 22.9 Å². The Balaban J connectivity index is 1.36. The number of fused-ring (bicyclic) bond motifs is 1. The van der Waals surface area contributed by atoms with E-state index in [-0.39, 0.29) is 60.3 Å². The topological polar surface area (TPSA) is 92.3 Å². The van der Waals surface area contributed by atoms with Crippen molar-refractivity contribution >= 4 is 34.2 Å². The third kappa shape index (κ3) is 2.86. The molecule has 3 amide bonds. The second-order valence-corrected chi connectivity index (χ2v) is 8.58. The molecule has 7 nitrogen and oxygen atoms in total. The first kappa shape index (κ1) is 17.3. The Hall–Kier alpha value is -2.09. The minimum absolute atomic E-state index is 0.0796. The van der Waals surface area contributed by atoms with Gasteiger partial charge in [-0.15, -0.1) is 10.2 Å². The third-order valence-corrected chi connectivity index (χ3v) is 6.73. The number of nitrogens with one attached hydrogen (secondary N) is 1. The molecular formula is C18H22N4O3S. The van der Waals surface area contributed by atoms with Crippen LogP contribution in [0.3, 0.4) is 0 Å². The molecule has 1 aromatic heterocycles. The molecule has 0 unspecified atom stereocenters. The van der Waals surface area contributed by atoms with Crippen LogP contribution in [-0.4, -0.2) is 39.4 Å². The Morgan fingerprint density at radius 3 is 2.31 bits per heavy atom. The molecule has 26 heavy (non-hydrogen) atoms. The SMILES string of the molecule is CC(C)c1nnc(NC(=O)CCN2C(=O)[C@@H]3[C@H](C2=O)[C@H]2C=C[C@H]3CC2)s1. The zero-order chi connectivity index (χ0) is 18.4. The lowest BCUT2D eigenvalue weighted by molar-refractivity contribution is -0.140. The van der Waals surface area contributed by atoms with Crippen LogP contribution in [0.4, 0.5) is 5.13 Å². The Morgan fingerprint density at radius 1 is 1.19 bits per heavy atom. The van der Waals surface area contributed by atoms with Crippen LogP contribution in [0.25, 0.3) is 0 Å². The van der Waals surface area contributed by atoms with Gasteiger partial charge in [0.05, 0.1) is 11.8 Å². The largest absolute Gasteiger partial charge is 0.300 e. The van der Waals surface area contributed by atoms with Crippen LogP contribution in [0, 0.1) is 23.7 Å². The third-order valence-electron chi connectivity index (χ3n) is 5.59. The van der Waals surface area contributed by atoms with Crippen LogP contribution in [-0.2, 0) is 14.4 Å². The molecule has 0 aromatic carbocycles. The number of likely N-dealkylation sites (tertiary alicyclic amines) is 1. The first-order valence-electron chi connectivity index (χ1n) is 9.12. The van der Waals surface area contributed by atoms with Gasteiger partial charge < -0.3 is 5.32 Å². The summed E-state index contributed by atoms with van der Waals surface area (Å²) in [5.74, 6) is -0.294. The summed E-state index contributed by atoms with van der Waals surface area (Å²) in [5.41, 5.74) is 0. The van der Waals surface area contributed by atoms with Crippen LogP contribution in [0.5, 0.6) is 0 Å². The fourth-order valence-electron chi connectivity index (χ4n) is 4.27. The molecule has 1 N–H and O–H groups in total. The quantitative estimate of drug-likeness (QED) is 0.630. The zero-order valence-corrected chi connectivity index (χ0v) is 15.7. The first-order chi connectivity index (χ1) is 12.5. The highest BCUT2D eigenvalue weighted by Crippen LogP contribution is 2.49. The second-order valence-electron chi connectivity index (χ2n) is 7.57. The number of aromatic nitrogens is 2. The lowest BCUT2D eigenvalue weighted by atomic mass is 9.63. The molecule has 1 aromatic rings. The first-order valence-corrected chi connectivity index (χ1v) is 9.94. The summed E-state index contributed by atoms with van der Waals surface area (Å²) in [6.45, 7) is 4.15. The lowest BCUT2D eigenvalue weighted by Gasteiger charge is -2.38. The Bertz CT molecular complexity index is 755. The maximum absolute atomic E-state index is 12.7. The molecule has 0 radical (unpaired) electrons. The standard InChI is InChI=1S/C18H22N4O3S/c1-9(2)15-20-21-18(26-15)19-12(23)7-8-22-16(24)13-10-3-4-11(6-5-10)14(13)17(22)25/h3-4,9-11,13-14H,5-8H2,1-2H3,(H,19,21,23)/t10-,11-,13-,14+/m0/s1. The minimum atomic E-state index is -0.256. The van der Waals surface area contributed by atoms with Gasteiger partial charge in [0.25, 0.3) is 0 Å². The molecule has 3 aliphatic carbocycles. The van der Waals surface area contributed by atoms with Gasteiger partial charge in [0, 0.05) is 18.9 Å². The van der Waals surface area contributed by atoms with E-state index in [4.69, 9.17) is 0 Å². The lowest BCUT2D eigenvalue weighted by Crippen LogP contribution is -2.38. The smallest absolute Gasteiger partial charge is 0.233 e. The van der Waals surface area contributed by atoms with Crippen molar-refractivity contribution in [3.05, 3.63) is 17.2 Å². The molecule has 1 saturated carbocycles. The Kier molecular flexibility index (Phi) is 4.38. The zero-order valence-electron chi connectivity index (χ0n) is 14.8. The van der Waals surface area contributed by atoms with E-state index in [9.17, 15) is 14.4 Å². The number of hydrogen-bond acceptors (Lipinski definition) is 6. The van der Waals surface area contributed by atoms with Crippen molar-refractivity contribution in [2.45, 2.75) is 39.0 Å². The molecule has 2 heterocycles. The molecule has 4 atom stereocenters. The Morgan fingerprint density at radius 2 is 1.81 bits per heavy atom. The van der Waals surface area contributed by atoms with Gasteiger partial charge in [-0.1, -0.05) is 37.3 Å². The van der Waals surface area contributed by atoms with E-state index >= 15 is 0 Å². The number of anilines is 1. The number of amides is 3. The number of nitrogens with zero attached hydrogens (tertiary/aromatic N) is 3. The highest BCUT2D eigenvalue weighted by molar-refractivity contribution is 7.15. The summed E-state index contributed by atoms with van der Waals surface area (Å²) in [6, 6.07) is 0. The average molecular weight is 374 g/mol. The van der Waals surface area contributed by atoms with E-state index in [1.54, 1.807) is 0 Å². The molecule has 8 heteroatoms. The number of carbonyl (C=O) groups excluding carboxylic acids is 3. The van der Waals surface area contributed by atoms with Gasteiger partial charge in [0.1, 0.15) is 5.01 Å². The van der Waals surface area contributed by atoms with Crippen LogP contribution in [0.2, 0.25) is 0 Å². The van der Waals surface area contributed by atoms with Crippen LogP contribution < -0.4 is 5.32 Å². The van der Waals surface area contributed by atoms with Gasteiger partial charge in [-0.05, 0) is 24.7 Å². The highest BCUT2D eigenvalue weighted by atomic mass is 32.1. The number of hydrogen-bond donors (Lipinski definition) is 1. The van der Waals surface area contributed by atoms with Gasteiger partial charge in [-0.2, -0.15) is 0 Å². The van der Waals surface area contributed by atoms with Crippen LogP contribution in [0.1, 0.15) is 44.0 Å². The summed E-state index contributed by atoms with van der Waals surface area (Å²) in [5, 5.41) is 12.0.